The summed E-state index contributed by atoms with van der Waals surface area (Å²) in [5, 5.41) is 3.14. The Bertz CT molecular complexity index is 662. The lowest BCUT2D eigenvalue weighted by Gasteiger charge is -2.37. The van der Waals surface area contributed by atoms with Crippen molar-refractivity contribution >= 4 is 21.6 Å². The molecule has 1 atom stereocenters. The van der Waals surface area contributed by atoms with Crippen molar-refractivity contribution in [3.05, 3.63) is 29.8 Å². The van der Waals surface area contributed by atoms with E-state index < -0.39 is 15.4 Å². The average Bonchev–Trinajstić information content (AvgIpc) is 2.54. The number of nitrogens with one attached hydrogen (secondary N) is 2. The van der Waals surface area contributed by atoms with Crippen LogP contribution in [0.3, 0.4) is 0 Å². The van der Waals surface area contributed by atoms with Gasteiger partial charge in [-0.15, -0.1) is 0 Å². The second-order valence-electron chi connectivity index (χ2n) is 6.88. The lowest BCUT2D eigenvalue weighted by molar-refractivity contribution is -0.128. The van der Waals surface area contributed by atoms with Gasteiger partial charge in [-0.3, -0.25) is 9.52 Å². The summed E-state index contributed by atoms with van der Waals surface area (Å²) < 4.78 is 25.1. The third kappa shape index (κ3) is 4.50. The van der Waals surface area contributed by atoms with Gasteiger partial charge in [-0.1, -0.05) is 38.3 Å². The standard InChI is InChI=1S/C18H28N2O3S/c1-4-14(2)19-17(21)18(12-6-5-7-13-18)15-8-10-16(11-9-15)20-24(3,22)23/h8-11,14,20H,4-7,12-13H2,1-3H3,(H,19,21)/t14-/m0/s1. The minimum absolute atomic E-state index is 0.0976. The number of amides is 1. The molecule has 0 aliphatic heterocycles. The van der Waals surface area contributed by atoms with Crippen molar-refractivity contribution in [2.24, 2.45) is 0 Å². The summed E-state index contributed by atoms with van der Waals surface area (Å²) in [6.45, 7) is 4.08. The van der Waals surface area contributed by atoms with Crippen molar-refractivity contribution in [2.45, 2.75) is 63.8 Å². The minimum atomic E-state index is -3.30. The molecule has 134 valence electrons. The van der Waals surface area contributed by atoms with Crippen LogP contribution in [0.15, 0.2) is 24.3 Å². The Morgan fingerprint density at radius 1 is 1.17 bits per heavy atom. The van der Waals surface area contributed by atoms with E-state index in [2.05, 4.69) is 17.0 Å². The van der Waals surface area contributed by atoms with Crippen LogP contribution < -0.4 is 10.0 Å². The number of rotatable bonds is 6. The molecule has 0 aromatic heterocycles. The van der Waals surface area contributed by atoms with Crippen LogP contribution in [0.1, 0.15) is 57.9 Å². The van der Waals surface area contributed by atoms with Crippen molar-refractivity contribution in [1.29, 1.82) is 0 Å². The van der Waals surface area contributed by atoms with E-state index in [9.17, 15) is 13.2 Å². The first-order valence-electron chi connectivity index (χ1n) is 8.66. The molecule has 2 N–H and O–H groups in total. The molecular weight excluding hydrogens is 324 g/mol. The molecule has 1 aliphatic carbocycles. The van der Waals surface area contributed by atoms with Gasteiger partial charge >= 0.3 is 0 Å². The lowest BCUT2D eigenvalue weighted by atomic mass is 9.68. The molecule has 6 heteroatoms. The van der Waals surface area contributed by atoms with Gasteiger partial charge in [0.2, 0.25) is 15.9 Å². The van der Waals surface area contributed by atoms with Crippen LogP contribution in [0.25, 0.3) is 0 Å². The van der Waals surface area contributed by atoms with E-state index >= 15 is 0 Å². The highest BCUT2D eigenvalue weighted by Gasteiger charge is 2.41. The third-order valence-corrected chi connectivity index (χ3v) is 5.48. The van der Waals surface area contributed by atoms with Gasteiger partial charge in [0.05, 0.1) is 11.7 Å². The number of benzene rings is 1. The second-order valence-corrected chi connectivity index (χ2v) is 8.63. The van der Waals surface area contributed by atoms with Crippen LogP contribution >= 0.6 is 0 Å². The van der Waals surface area contributed by atoms with E-state index in [4.69, 9.17) is 0 Å². The molecule has 0 radical (unpaired) electrons. The fraction of sp³-hybridized carbons (Fsp3) is 0.611. The Hall–Kier alpha value is -1.56. The summed E-state index contributed by atoms with van der Waals surface area (Å²) in [5.74, 6) is 0.0976. The summed E-state index contributed by atoms with van der Waals surface area (Å²) in [6, 6.07) is 7.40. The van der Waals surface area contributed by atoms with Crippen LogP contribution in [0.2, 0.25) is 0 Å². The molecule has 0 heterocycles. The van der Waals surface area contributed by atoms with Crippen molar-refractivity contribution in [3.8, 4) is 0 Å². The molecule has 1 aromatic rings. The van der Waals surface area contributed by atoms with Crippen LogP contribution in [0.5, 0.6) is 0 Å². The van der Waals surface area contributed by atoms with E-state index in [0.29, 0.717) is 5.69 Å². The number of carbonyl (C=O) groups excluding carboxylic acids is 1. The molecule has 0 spiro atoms. The fourth-order valence-corrected chi connectivity index (χ4v) is 3.90. The number of sulfonamides is 1. The van der Waals surface area contributed by atoms with Gasteiger partial charge in [0.1, 0.15) is 0 Å². The van der Waals surface area contributed by atoms with E-state index in [0.717, 1.165) is 50.3 Å². The first kappa shape index (κ1) is 18.8. The highest BCUT2D eigenvalue weighted by molar-refractivity contribution is 7.92. The smallest absolute Gasteiger partial charge is 0.230 e. The summed E-state index contributed by atoms with van der Waals surface area (Å²) in [6.07, 6.45) is 6.95. The Morgan fingerprint density at radius 2 is 1.75 bits per heavy atom. The molecule has 24 heavy (non-hydrogen) atoms. The maximum atomic E-state index is 13.0. The van der Waals surface area contributed by atoms with Crippen LogP contribution in [-0.4, -0.2) is 26.6 Å². The maximum Gasteiger partial charge on any atom is 0.230 e. The Balaban J connectivity index is 2.29. The Labute approximate surface area is 145 Å². The Morgan fingerprint density at radius 3 is 2.25 bits per heavy atom. The van der Waals surface area contributed by atoms with Gasteiger partial charge in [-0.05, 0) is 43.9 Å². The third-order valence-electron chi connectivity index (χ3n) is 4.87. The number of anilines is 1. The summed E-state index contributed by atoms with van der Waals surface area (Å²) >= 11 is 0. The first-order valence-corrected chi connectivity index (χ1v) is 10.6. The summed E-state index contributed by atoms with van der Waals surface area (Å²) in [7, 11) is -3.30. The van der Waals surface area contributed by atoms with E-state index in [-0.39, 0.29) is 11.9 Å². The molecule has 1 amide bonds. The first-order chi connectivity index (χ1) is 11.3. The van der Waals surface area contributed by atoms with Crippen molar-refractivity contribution in [3.63, 3.8) is 0 Å². The minimum Gasteiger partial charge on any atom is -0.353 e. The normalized spacial score (nSPS) is 18.6. The van der Waals surface area contributed by atoms with E-state index in [1.165, 1.54) is 0 Å². The Kier molecular flexibility index (Phi) is 5.91. The number of carbonyl (C=O) groups is 1. The molecule has 1 fully saturated rings. The molecule has 0 saturated heterocycles. The van der Waals surface area contributed by atoms with Crippen molar-refractivity contribution < 1.29 is 13.2 Å². The average molecular weight is 353 g/mol. The number of hydrogen-bond acceptors (Lipinski definition) is 3. The predicted molar refractivity (Wildman–Crippen MR) is 97.6 cm³/mol. The van der Waals surface area contributed by atoms with Gasteiger partial charge in [0.25, 0.3) is 0 Å². The molecular formula is C18H28N2O3S. The zero-order valence-corrected chi connectivity index (χ0v) is 15.6. The molecule has 5 nitrogen and oxygen atoms in total. The van der Waals surface area contributed by atoms with Gasteiger partial charge in [-0.25, -0.2) is 8.42 Å². The van der Waals surface area contributed by atoms with Crippen LogP contribution in [0, 0.1) is 0 Å². The quantitative estimate of drug-likeness (QED) is 0.826. The molecule has 0 unspecified atom stereocenters. The highest BCUT2D eigenvalue weighted by Crippen LogP contribution is 2.40. The SMILES string of the molecule is CC[C@H](C)NC(=O)C1(c2ccc(NS(C)(=O)=O)cc2)CCCCC1. The van der Waals surface area contributed by atoms with Crippen LogP contribution in [-0.2, 0) is 20.2 Å². The predicted octanol–water partition coefficient (Wildman–Crippen LogP) is 3.17. The molecule has 1 saturated carbocycles. The summed E-state index contributed by atoms with van der Waals surface area (Å²) in [4.78, 5) is 13.0. The number of hydrogen-bond donors (Lipinski definition) is 2. The van der Waals surface area contributed by atoms with Gasteiger partial charge < -0.3 is 5.32 Å². The van der Waals surface area contributed by atoms with Gasteiger partial charge in [0.15, 0.2) is 0 Å². The van der Waals surface area contributed by atoms with E-state index in [1.807, 2.05) is 19.1 Å². The summed E-state index contributed by atoms with van der Waals surface area (Å²) in [5.41, 5.74) is 1.00. The second kappa shape index (κ2) is 7.55. The monoisotopic (exact) mass is 352 g/mol. The zero-order chi connectivity index (χ0) is 17.8. The van der Waals surface area contributed by atoms with Crippen LogP contribution in [0.4, 0.5) is 5.69 Å². The maximum absolute atomic E-state index is 13.0. The lowest BCUT2D eigenvalue weighted by Crippen LogP contribution is -2.48. The fourth-order valence-electron chi connectivity index (χ4n) is 3.34. The van der Waals surface area contributed by atoms with Gasteiger partial charge in [-0.2, -0.15) is 0 Å². The molecule has 2 rings (SSSR count). The largest absolute Gasteiger partial charge is 0.353 e. The van der Waals surface area contributed by atoms with Crippen molar-refractivity contribution in [2.75, 3.05) is 11.0 Å². The molecule has 1 aromatic carbocycles. The zero-order valence-electron chi connectivity index (χ0n) is 14.8. The highest BCUT2D eigenvalue weighted by atomic mass is 32.2. The van der Waals surface area contributed by atoms with E-state index in [1.54, 1.807) is 12.1 Å². The molecule has 0 bridgehead atoms. The molecule has 1 aliphatic rings. The topological polar surface area (TPSA) is 75.3 Å². The van der Waals surface area contributed by atoms with Gasteiger partial charge in [0, 0.05) is 11.7 Å². The van der Waals surface area contributed by atoms with Crippen molar-refractivity contribution in [1.82, 2.24) is 5.32 Å².